The van der Waals surface area contributed by atoms with Crippen LogP contribution in [0.1, 0.15) is 146 Å². The van der Waals surface area contributed by atoms with Gasteiger partial charge in [0, 0.05) is 4.90 Å². The molecule has 0 bridgehead atoms. The van der Waals surface area contributed by atoms with Gasteiger partial charge < -0.3 is 9.47 Å². The number of carbonyl (C=O) groups excluding carboxylic acids is 1. The number of ether oxygens (including phenoxy) is 2. The van der Waals surface area contributed by atoms with Crippen molar-refractivity contribution in [3.8, 4) is 11.5 Å². The Balaban J connectivity index is 1.53. The average Bonchev–Trinajstić information content (AvgIpc) is 3.00. The van der Waals surface area contributed by atoms with Crippen molar-refractivity contribution in [3.63, 3.8) is 0 Å². The van der Waals surface area contributed by atoms with Crippen LogP contribution in [0.15, 0.2) is 53.4 Å². The van der Waals surface area contributed by atoms with Gasteiger partial charge >= 0.3 is 0 Å². The molecule has 0 fully saturated rings. The van der Waals surface area contributed by atoms with Crippen molar-refractivity contribution in [2.75, 3.05) is 19.0 Å². The van der Waals surface area contributed by atoms with Crippen LogP contribution in [0.2, 0.25) is 0 Å². The molecule has 0 aromatic heterocycles. The van der Waals surface area contributed by atoms with Crippen LogP contribution in [-0.4, -0.2) is 24.7 Å². The maximum Gasteiger partial charge on any atom is 0.193 e. The third-order valence-electron chi connectivity index (χ3n) is 7.66. The van der Waals surface area contributed by atoms with E-state index < -0.39 is 0 Å². The van der Waals surface area contributed by atoms with Crippen molar-refractivity contribution >= 4 is 23.6 Å². The molecule has 0 radical (unpaired) electrons. The Bertz CT molecular complexity index is 958. The van der Waals surface area contributed by atoms with Gasteiger partial charge in [0.2, 0.25) is 0 Å². The molecule has 0 atom stereocenters. The van der Waals surface area contributed by atoms with Crippen molar-refractivity contribution in [2.24, 2.45) is 0 Å². The van der Waals surface area contributed by atoms with Crippen LogP contribution in [0, 0.1) is 0 Å². The van der Waals surface area contributed by atoms with Crippen molar-refractivity contribution in [3.05, 3.63) is 59.7 Å². The summed E-state index contributed by atoms with van der Waals surface area (Å²) in [5, 5.41) is 0. The minimum absolute atomic E-state index is 0.111. The lowest BCUT2D eigenvalue weighted by molar-refractivity contribution is 0.104. The number of benzene rings is 2. The summed E-state index contributed by atoms with van der Waals surface area (Å²) in [6.07, 6.45) is 27.5. The van der Waals surface area contributed by atoms with Gasteiger partial charge in [0.05, 0.1) is 13.2 Å². The summed E-state index contributed by atoms with van der Waals surface area (Å²) in [6, 6.07) is 14.0. The maximum atomic E-state index is 13.0. The highest BCUT2D eigenvalue weighted by Gasteiger charge is 2.16. The molecule has 0 unspecified atom stereocenters. The highest BCUT2D eigenvalue weighted by Crippen LogP contribution is 2.30. The van der Waals surface area contributed by atoms with Crippen LogP contribution in [0.5, 0.6) is 11.5 Å². The predicted molar refractivity (Wildman–Crippen MR) is 183 cm³/mol. The molecule has 234 valence electrons. The molecule has 0 aliphatic rings. The van der Waals surface area contributed by atoms with Gasteiger partial charge in [0.25, 0.3) is 0 Å². The Morgan fingerprint density at radius 1 is 0.619 bits per heavy atom. The van der Waals surface area contributed by atoms with Crippen LogP contribution in [0.3, 0.4) is 0 Å². The summed E-state index contributed by atoms with van der Waals surface area (Å²) in [5.41, 5.74) is 1.50. The topological polar surface area (TPSA) is 35.5 Å². The van der Waals surface area contributed by atoms with Gasteiger partial charge in [-0.15, -0.1) is 11.8 Å². The van der Waals surface area contributed by atoms with E-state index in [-0.39, 0.29) is 5.78 Å². The van der Waals surface area contributed by atoms with Crippen molar-refractivity contribution in [1.29, 1.82) is 0 Å². The van der Waals surface area contributed by atoms with Gasteiger partial charge in [-0.3, -0.25) is 4.79 Å². The van der Waals surface area contributed by atoms with E-state index in [0.717, 1.165) is 5.56 Å². The van der Waals surface area contributed by atoms with E-state index >= 15 is 0 Å². The molecule has 0 saturated carbocycles. The first-order valence-corrected chi connectivity index (χ1v) is 18.0. The number of carbonyl (C=O) groups is 1. The molecule has 0 saturated heterocycles. The Hall–Kier alpha value is -2.20. The van der Waals surface area contributed by atoms with Gasteiger partial charge in [-0.05, 0) is 61.9 Å². The highest BCUT2D eigenvalue weighted by molar-refractivity contribution is 7.99. The van der Waals surface area contributed by atoms with Gasteiger partial charge in [-0.1, -0.05) is 134 Å². The molecule has 0 aliphatic heterocycles. The lowest BCUT2D eigenvalue weighted by Gasteiger charge is -2.13. The lowest BCUT2D eigenvalue weighted by atomic mass is 10.0. The van der Waals surface area contributed by atoms with Crippen LogP contribution < -0.4 is 9.47 Å². The molecule has 2 rings (SSSR count). The van der Waals surface area contributed by atoms with Gasteiger partial charge in [-0.2, -0.15) is 0 Å². The molecule has 0 N–H and O–H groups in total. The fraction of sp³-hybridized carbons (Fsp3) is 0.605. The monoisotopic (exact) mass is 594 g/mol. The standard InChI is InChI=1S/C38H58O3S/c1-4-7-8-9-10-11-12-13-14-15-16-17-18-19-20-21-22-32-42-34-29-26-33(27-30-34)28-31-35(39)38-36(40-5-2)24-23-25-37(38)41-6-3/h23-31H,4-22,32H2,1-3H3. The SMILES string of the molecule is CCCCCCCCCCCCCCCCCCCSc1ccc(C=CC(=O)c2c(OCC)cccc2OCC)cc1. The first-order chi connectivity index (χ1) is 20.7. The molecule has 0 amide bonds. The number of allylic oxidation sites excluding steroid dienone is 1. The third-order valence-corrected chi connectivity index (χ3v) is 8.76. The zero-order valence-electron chi connectivity index (χ0n) is 27.0. The fourth-order valence-corrected chi connectivity index (χ4v) is 6.17. The first kappa shape index (κ1) is 36.0. The minimum atomic E-state index is -0.111. The molecule has 3 nitrogen and oxygen atoms in total. The smallest absolute Gasteiger partial charge is 0.193 e. The summed E-state index contributed by atoms with van der Waals surface area (Å²) in [7, 11) is 0. The molecule has 2 aromatic rings. The Labute approximate surface area is 262 Å². The van der Waals surface area contributed by atoms with Crippen molar-refractivity contribution in [1.82, 2.24) is 0 Å². The van der Waals surface area contributed by atoms with E-state index in [1.807, 2.05) is 49.9 Å². The van der Waals surface area contributed by atoms with Crippen LogP contribution in [-0.2, 0) is 0 Å². The van der Waals surface area contributed by atoms with Gasteiger partial charge in [0.15, 0.2) is 5.78 Å². The van der Waals surface area contributed by atoms with E-state index in [9.17, 15) is 4.79 Å². The second kappa shape index (κ2) is 24.3. The summed E-state index contributed by atoms with van der Waals surface area (Å²) >= 11 is 1.93. The minimum Gasteiger partial charge on any atom is -0.493 e. The van der Waals surface area contributed by atoms with Crippen LogP contribution >= 0.6 is 11.8 Å². The average molecular weight is 595 g/mol. The highest BCUT2D eigenvalue weighted by atomic mass is 32.2. The van der Waals surface area contributed by atoms with E-state index in [0.29, 0.717) is 30.3 Å². The van der Waals surface area contributed by atoms with Gasteiger partial charge in [0.1, 0.15) is 17.1 Å². The second-order valence-corrected chi connectivity index (χ2v) is 12.4. The molecule has 42 heavy (non-hydrogen) atoms. The second-order valence-electron chi connectivity index (χ2n) is 11.3. The van der Waals surface area contributed by atoms with E-state index in [4.69, 9.17) is 9.47 Å². The first-order valence-electron chi connectivity index (χ1n) is 17.0. The summed E-state index contributed by atoms with van der Waals surface area (Å²) in [6.45, 7) is 7.12. The summed E-state index contributed by atoms with van der Waals surface area (Å²) in [5.74, 6) is 2.18. The number of ketones is 1. The Kier molecular flexibility index (Phi) is 20.8. The zero-order chi connectivity index (χ0) is 30.1. The Morgan fingerprint density at radius 3 is 1.52 bits per heavy atom. The number of hydrogen-bond acceptors (Lipinski definition) is 4. The van der Waals surface area contributed by atoms with Crippen molar-refractivity contribution < 1.29 is 14.3 Å². The number of thioether (sulfide) groups is 1. The molecule has 0 aliphatic carbocycles. The maximum absolute atomic E-state index is 13.0. The normalized spacial score (nSPS) is 11.3. The largest absolute Gasteiger partial charge is 0.493 e. The Morgan fingerprint density at radius 2 is 1.07 bits per heavy atom. The lowest BCUT2D eigenvalue weighted by Crippen LogP contribution is -2.05. The van der Waals surface area contributed by atoms with Gasteiger partial charge in [-0.25, -0.2) is 0 Å². The summed E-state index contributed by atoms with van der Waals surface area (Å²) in [4.78, 5) is 14.3. The van der Waals surface area contributed by atoms with Crippen LogP contribution in [0.25, 0.3) is 6.08 Å². The quantitative estimate of drug-likeness (QED) is 0.0470. The number of unbranched alkanes of at least 4 members (excludes halogenated alkanes) is 16. The number of hydrogen-bond donors (Lipinski definition) is 0. The molecular weight excluding hydrogens is 536 g/mol. The molecular formula is C38H58O3S. The van der Waals surface area contributed by atoms with E-state index in [2.05, 4.69) is 31.2 Å². The third kappa shape index (κ3) is 15.9. The van der Waals surface area contributed by atoms with Crippen molar-refractivity contribution in [2.45, 2.75) is 135 Å². The molecule has 4 heteroatoms. The van der Waals surface area contributed by atoms with E-state index in [1.165, 1.54) is 120 Å². The van der Waals surface area contributed by atoms with Crippen LogP contribution in [0.4, 0.5) is 0 Å². The molecule has 0 spiro atoms. The zero-order valence-corrected chi connectivity index (χ0v) is 27.8. The molecule has 0 heterocycles. The molecule has 2 aromatic carbocycles. The summed E-state index contributed by atoms with van der Waals surface area (Å²) < 4.78 is 11.4. The predicted octanol–water partition coefficient (Wildman–Crippen LogP) is 12.1. The number of rotatable bonds is 26. The van der Waals surface area contributed by atoms with E-state index in [1.54, 1.807) is 6.08 Å². The fourth-order valence-electron chi connectivity index (χ4n) is 5.25.